The Hall–Kier alpha value is -3.87. The molecule has 0 radical (unpaired) electrons. The normalized spacial score (nSPS) is 25.6. The predicted octanol–water partition coefficient (Wildman–Crippen LogP) is 4.79. The number of fused-ring (bicyclic) bond motifs is 4. The van der Waals surface area contributed by atoms with Crippen LogP contribution in [0.4, 0.5) is 11.5 Å². The average molecular weight is 619 g/mol. The van der Waals surface area contributed by atoms with Crippen LogP contribution in [0.1, 0.15) is 55.8 Å². The van der Waals surface area contributed by atoms with Gasteiger partial charge in [0.2, 0.25) is 0 Å². The van der Waals surface area contributed by atoms with Gasteiger partial charge in [-0.1, -0.05) is 36.4 Å². The maximum absolute atomic E-state index is 9.65. The van der Waals surface area contributed by atoms with Crippen molar-refractivity contribution in [1.82, 2.24) is 25.1 Å². The molecule has 4 fully saturated rings. The summed E-state index contributed by atoms with van der Waals surface area (Å²) < 4.78 is 6.64. The molecule has 1 aromatic heterocycles. The van der Waals surface area contributed by atoms with Gasteiger partial charge in [0.05, 0.1) is 36.3 Å². The van der Waals surface area contributed by atoms with E-state index in [4.69, 9.17) is 14.7 Å². The molecule has 0 spiro atoms. The van der Waals surface area contributed by atoms with E-state index in [-0.39, 0.29) is 11.6 Å². The molecular weight excluding hydrogens is 572 g/mol. The molecule has 8 rings (SSSR count). The number of hydrogen-bond acceptors (Lipinski definition) is 9. The Morgan fingerprint density at radius 3 is 2.59 bits per heavy atom. The quantitative estimate of drug-likeness (QED) is 0.383. The first-order valence-corrected chi connectivity index (χ1v) is 17.3. The lowest BCUT2D eigenvalue weighted by Gasteiger charge is -2.42. The molecule has 2 bridgehead atoms. The zero-order valence-corrected chi connectivity index (χ0v) is 27.3. The number of aryl methyl sites for hydroxylation is 1. The van der Waals surface area contributed by atoms with Crippen LogP contribution >= 0.6 is 0 Å². The van der Waals surface area contributed by atoms with Crippen LogP contribution in [0.3, 0.4) is 0 Å². The molecule has 9 heteroatoms. The van der Waals surface area contributed by atoms with E-state index in [9.17, 15) is 5.26 Å². The first kappa shape index (κ1) is 29.5. The van der Waals surface area contributed by atoms with Gasteiger partial charge in [0, 0.05) is 68.0 Å². The molecule has 1 saturated carbocycles. The number of hydrogen-bond donors (Lipinski definition) is 1. The summed E-state index contributed by atoms with van der Waals surface area (Å²) in [6, 6.07) is 17.5. The van der Waals surface area contributed by atoms with E-state index in [0.29, 0.717) is 31.1 Å². The highest BCUT2D eigenvalue weighted by molar-refractivity contribution is 5.97. The molecule has 2 unspecified atom stereocenters. The van der Waals surface area contributed by atoms with Crippen LogP contribution in [0.5, 0.6) is 6.01 Å². The average Bonchev–Trinajstić information content (AvgIpc) is 3.80. The van der Waals surface area contributed by atoms with E-state index in [0.717, 1.165) is 63.7 Å². The Morgan fingerprint density at radius 2 is 1.83 bits per heavy atom. The second-order valence-electron chi connectivity index (χ2n) is 14.1. The molecule has 2 aromatic carbocycles. The Labute approximate surface area is 272 Å². The molecule has 0 amide bonds. The fourth-order valence-corrected chi connectivity index (χ4v) is 8.51. The van der Waals surface area contributed by atoms with Crippen LogP contribution < -0.4 is 19.9 Å². The van der Waals surface area contributed by atoms with Crippen LogP contribution in [0, 0.1) is 18.3 Å². The zero-order chi connectivity index (χ0) is 31.3. The molecule has 3 aromatic rings. The number of allylic oxidation sites excluding steroid dienone is 1. The first-order valence-electron chi connectivity index (χ1n) is 17.3. The van der Waals surface area contributed by atoms with E-state index in [1.807, 2.05) is 6.92 Å². The van der Waals surface area contributed by atoms with Gasteiger partial charge in [-0.3, -0.25) is 4.90 Å². The second-order valence-corrected chi connectivity index (χ2v) is 14.1. The van der Waals surface area contributed by atoms with Crippen LogP contribution in [-0.4, -0.2) is 89.3 Å². The van der Waals surface area contributed by atoms with E-state index in [2.05, 4.69) is 86.6 Å². The lowest BCUT2D eigenvalue weighted by molar-refractivity contribution is 0.0796. The molecular formula is C37H46N8O. The summed E-state index contributed by atoms with van der Waals surface area (Å²) in [7, 11) is 0. The van der Waals surface area contributed by atoms with E-state index >= 15 is 0 Å². The van der Waals surface area contributed by atoms with Gasteiger partial charge < -0.3 is 24.8 Å². The van der Waals surface area contributed by atoms with Crippen molar-refractivity contribution in [2.45, 2.75) is 82.6 Å². The van der Waals surface area contributed by atoms with Crippen molar-refractivity contribution >= 4 is 22.3 Å². The summed E-state index contributed by atoms with van der Waals surface area (Å²) in [4.78, 5) is 20.2. The number of likely N-dealkylation sites (tertiary alicyclic amines) is 1. The Bertz CT molecular complexity index is 1660. The van der Waals surface area contributed by atoms with E-state index in [1.54, 1.807) is 0 Å². The number of rotatable bonds is 8. The van der Waals surface area contributed by atoms with E-state index in [1.165, 1.54) is 53.3 Å². The van der Waals surface area contributed by atoms with Gasteiger partial charge in [0.25, 0.3) is 0 Å². The SMILES string of the molecule is CC=CN1CCN(c2nc(OCC3(N4CC5CCC(C4)N5)CC3)nc3c2CCN(c2cccc4cccc(C)c24)C3)C[C@@H]1CC#N. The number of nitrogens with one attached hydrogen (secondary N) is 1. The molecule has 9 nitrogen and oxygen atoms in total. The lowest BCUT2D eigenvalue weighted by atomic mass is 9.99. The van der Waals surface area contributed by atoms with Gasteiger partial charge in [-0.2, -0.15) is 15.2 Å². The summed E-state index contributed by atoms with van der Waals surface area (Å²) in [6.07, 6.45) is 10.5. The number of ether oxygens (including phenoxy) is 1. The van der Waals surface area contributed by atoms with Gasteiger partial charge in [-0.15, -0.1) is 0 Å². The number of piperazine rings is 2. The molecule has 3 saturated heterocycles. The summed E-state index contributed by atoms with van der Waals surface area (Å²) in [6.45, 7) is 11.2. The van der Waals surface area contributed by atoms with Gasteiger partial charge in [0.1, 0.15) is 12.4 Å². The second kappa shape index (κ2) is 12.1. The van der Waals surface area contributed by atoms with Crippen molar-refractivity contribution in [2.75, 3.05) is 55.7 Å². The Morgan fingerprint density at radius 1 is 1.02 bits per heavy atom. The summed E-state index contributed by atoms with van der Waals surface area (Å²) in [5.74, 6) is 1.00. The fraction of sp³-hybridized carbons (Fsp3) is 0.541. The number of nitrogens with zero attached hydrogens (tertiary/aromatic N) is 7. The summed E-state index contributed by atoms with van der Waals surface area (Å²) in [5.41, 5.74) is 4.98. The molecule has 4 aliphatic heterocycles. The van der Waals surface area contributed by atoms with Crippen molar-refractivity contribution < 1.29 is 4.74 Å². The van der Waals surface area contributed by atoms with Crippen molar-refractivity contribution in [2.24, 2.45) is 0 Å². The minimum atomic E-state index is 0.116. The predicted molar refractivity (Wildman–Crippen MR) is 182 cm³/mol. The Balaban J connectivity index is 1.11. The number of anilines is 2. The van der Waals surface area contributed by atoms with E-state index < -0.39 is 0 Å². The topological polar surface area (TPSA) is 83.8 Å². The largest absolute Gasteiger partial charge is 0.461 e. The van der Waals surface area contributed by atoms with Crippen molar-refractivity contribution in [3.8, 4) is 12.1 Å². The minimum absolute atomic E-state index is 0.116. The minimum Gasteiger partial charge on any atom is -0.461 e. The third kappa shape index (κ3) is 5.46. The molecule has 46 heavy (non-hydrogen) atoms. The number of nitriles is 1. The molecule has 240 valence electrons. The third-order valence-electron chi connectivity index (χ3n) is 11.1. The number of aromatic nitrogens is 2. The standard InChI is InChI=1S/C37H46N8O/c1-3-17-42-19-20-44(23-30(42)12-16-38)35-31-13-18-43(33-9-5-8-27-7-4-6-26(2)34(27)33)24-32(31)40-36(41-35)46-25-37(14-15-37)45-21-28-10-11-29(22-45)39-28/h3-9,17,28-30,39H,10-15,18-25H2,1-2H3/t28?,29?,30-/m0/s1. The van der Waals surface area contributed by atoms with Crippen molar-refractivity contribution in [3.63, 3.8) is 0 Å². The van der Waals surface area contributed by atoms with Crippen molar-refractivity contribution in [1.29, 1.82) is 5.26 Å². The maximum Gasteiger partial charge on any atom is 0.318 e. The van der Waals surface area contributed by atoms with Crippen LogP contribution in [0.2, 0.25) is 0 Å². The molecule has 1 N–H and O–H groups in total. The van der Waals surface area contributed by atoms with Crippen molar-refractivity contribution in [3.05, 3.63) is 65.5 Å². The van der Waals surface area contributed by atoms with Crippen LogP contribution in [0.15, 0.2) is 48.7 Å². The third-order valence-corrected chi connectivity index (χ3v) is 11.1. The van der Waals surface area contributed by atoms with Gasteiger partial charge >= 0.3 is 6.01 Å². The van der Waals surface area contributed by atoms with Gasteiger partial charge in [-0.05, 0) is 69.2 Å². The summed E-state index contributed by atoms with van der Waals surface area (Å²) >= 11 is 0. The zero-order valence-electron chi connectivity index (χ0n) is 27.3. The Kier molecular flexibility index (Phi) is 7.74. The van der Waals surface area contributed by atoms with Gasteiger partial charge in [-0.25, -0.2) is 0 Å². The fourth-order valence-electron chi connectivity index (χ4n) is 8.51. The monoisotopic (exact) mass is 618 g/mol. The highest BCUT2D eigenvalue weighted by Gasteiger charge is 2.52. The van der Waals surface area contributed by atoms with Gasteiger partial charge in [0.15, 0.2) is 0 Å². The van der Waals surface area contributed by atoms with Crippen LogP contribution in [-0.2, 0) is 13.0 Å². The molecule has 3 atom stereocenters. The smallest absolute Gasteiger partial charge is 0.318 e. The maximum atomic E-state index is 9.65. The lowest BCUT2D eigenvalue weighted by Crippen LogP contribution is -2.56. The molecule has 5 aliphatic rings. The summed E-state index contributed by atoms with van der Waals surface area (Å²) in [5, 5.41) is 16.0. The first-order chi connectivity index (χ1) is 22.5. The highest BCUT2D eigenvalue weighted by atomic mass is 16.5. The molecule has 5 heterocycles. The van der Waals surface area contributed by atoms with Crippen LogP contribution in [0.25, 0.3) is 10.8 Å². The molecule has 1 aliphatic carbocycles. The highest BCUT2D eigenvalue weighted by Crippen LogP contribution is 2.44. The number of benzene rings is 2.